The third kappa shape index (κ3) is 3.68. The first-order valence-electron chi connectivity index (χ1n) is 10.3. The van der Waals surface area contributed by atoms with Gasteiger partial charge in [0.1, 0.15) is 5.82 Å². The van der Waals surface area contributed by atoms with Gasteiger partial charge in [0.2, 0.25) is 0 Å². The van der Waals surface area contributed by atoms with Crippen molar-refractivity contribution in [3.05, 3.63) is 78.4 Å². The molecule has 5 rings (SSSR count). The molecule has 1 amide bonds. The number of anilines is 2. The van der Waals surface area contributed by atoms with E-state index in [1.165, 1.54) is 0 Å². The van der Waals surface area contributed by atoms with Crippen molar-refractivity contribution in [2.24, 2.45) is 12.1 Å². The normalized spacial score (nSPS) is 13.5. The number of nitrogens with zero attached hydrogens (tertiary/aromatic N) is 4. The number of carbonyl (C=O) groups is 1. The molecule has 0 radical (unpaired) electrons. The Labute approximate surface area is 180 Å². The first kappa shape index (κ1) is 19.1. The van der Waals surface area contributed by atoms with Gasteiger partial charge in [-0.15, -0.1) is 0 Å². The maximum absolute atomic E-state index is 12.7. The van der Waals surface area contributed by atoms with E-state index in [4.69, 9.17) is 4.98 Å². The van der Waals surface area contributed by atoms with Crippen LogP contribution in [0.3, 0.4) is 0 Å². The van der Waals surface area contributed by atoms with Gasteiger partial charge >= 0.3 is 0 Å². The maximum atomic E-state index is 12.7. The highest BCUT2D eigenvalue weighted by Gasteiger charge is 2.14. The van der Waals surface area contributed by atoms with Gasteiger partial charge in [0.05, 0.1) is 16.7 Å². The molecule has 4 aromatic rings. The van der Waals surface area contributed by atoms with Gasteiger partial charge in [-0.3, -0.25) is 9.80 Å². The minimum atomic E-state index is -0.136. The van der Waals surface area contributed by atoms with Crippen LogP contribution in [0, 0.1) is 0 Å². The number of aryl methyl sites for hydroxylation is 1. The number of benzene rings is 3. The van der Waals surface area contributed by atoms with Gasteiger partial charge in [-0.1, -0.05) is 12.1 Å². The number of aromatic nitrogens is 2. The van der Waals surface area contributed by atoms with Crippen LogP contribution < -0.4 is 10.3 Å². The van der Waals surface area contributed by atoms with Crippen LogP contribution in [-0.2, 0) is 7.05 Å². The van der Waals surface area contributed by atoms with Crippen LogP contribution in [-0.4, -0.2) is 27.7 Å². The maximum Gasteiger partial charge on any atom is 0.255 e. The molecule has 1 aromatic heterocycles. The Morgan fingerprint density at radius 3 is 2.39 bits per heavy atom. The van der Waals surface area contributed by atoms with Gasteiger partial charge in [0, 0.05) is 42.5 Å². The first-order chi connectivity index (χ1) is 15.1. The Morgan fingerprint density at radius 1 is 0.968 bits per heavy atom. The van der Waals surface area contributed by atoms with Crippen molar-refractivity contribution < 1.29 is 4.79 Å². The number of imidazole rings is 1. The predicted molar refractivity (Wildman–Crippen MR) is 126 cm³/mol. The molecule has 0 saturated carbocycles. The van der Waals surface area contributed by atoms with Crippen molar-refractivity contribution >= 4 is 34.0 Å². The van der Waals surface area contributed by atoms with Gasteiger partial charge in [-0.25, -0.2) is 4.98 Å². The molecule has 0 atom stereocenters. The Bertz CT molecular complexity index is 1290. The van der Waals surface area contributed by atoms with E-state index in [0.717, 1.165) is 52.5 Å². The Hall–Kier alpha value is -3.93. The van der Waals surface area contributed by atoms with Crippen molar-refractivity contribution in [1.29, 1.82) is 0 Å². The summed E-state index contributed by atoms with van der Waals surface area (Å²) < 4.78 is 2.08. The molecule has 0 saturated heterocycles. The molecule has 1 N–H and O–H groups in total. The molecule has 1 aliphatic rings. The zero-order valence-electron chi connectivity index (χ0n) is 17.5. The number of amides is 1. The number of para-hydroxylation sites is 2. The van der Waals surface area contributed by atoms with Crippen LogP contribution in [0.15, 0.2) is 77.9 Å². The molecule has 31 heavy (non-hydrogen) atoms. The van der Waals surface area contributed by atoms with Crippen molar-refractivity contribution in [1.82, 2.24) is 9.55 Å². The monoisotopic (exact) mass is 409 g/mol. The lowest BCUT2D eigenvalue weighted by Crippen LogP contribution is -2.14. The first-order valence-corrected chi connectivity index (χ1v) is 10.3. The molecule has 2 heterocycles. The van der Waals surface area contributed by atoms with Crippen molar-refractivity contribution in [2.75, 3.05) is 16.9 Å². The van der Waals surface area contributed by atoms with Crippen molar-refractivity contribution in [2.45, 2.75) is 13.3 Å². The molecule has 6 nitrogen and oxygen atoms in total. The minimum Gasteiger partial charge on any atom is -0.327 e. The smallest absolute Gasteiger partial charge is 0.255 e. The van der Waals surface area contributed by atoms with Crippen LogP contribution in [0.4, 0.5) is 11.4 Å². The van der Waals surface area contributed by atoms with Crippen LogP contribution in [0.25, 0.3) is 22.4 Å². The Balaban J connectivity index is 1.30. The van der Waals surface area contributed by atoms with E-state index in [1.807, 2.05) is 85.7 Å². The van der Waals surface area contributed by atoms with Gasteiger partial charge in [-0.05, 0) is 67.6 Å². The zero-order chi connectivity index (χ0) is 21.4. The zero-order valence-corrected chi connectivity index (χ0v) is 17.5. The Kier molecular flexibility index (Phi) is 4.75. The fourth-order valence-electron chi connectivity index (χ4n) is 3.86. The number of rotatable bonds is 4. The summed E-state index contributed by atoms with van der Waals surface area (Å²) in [6.07, 6.45) is 0.979. The molecule has 3 aromatic carbocycles. The molecule has 0 fully saturated rings. The lowest BCUT2D eigenvalue weighted by atomic mass is 10.1. The van der Waals surface area contributed by atoms with Crippen LogP contribution in [0.5, 0.6) is 0 Å². The minimum absolute atomic E-state index is 0.136. The summed E-state index contributed by atoms with van der Waals surface area (Å²) in [5, 5.41) is 9.43. The van der Waals surface area contributed by atoms with E-state index >= 15 is 0 Å². The summed E-state index contributed by atoms with van der Waals surface area (Å²) in [4.78, 5) is 17.4. The third-order valence-electron chi connectivity index (χ3n) is 5.59. The summed E-state index contributed by atoms with van der Waals surface area (Å²) >= 11 is 0. The van der Waals surface area contributed by atoms with E-state index in [-0.39, 0.29) is 5.91 Å². The van der Waals surface area contributed by atoms with E-state index in [2.05, 4.69) is 21.1 Å². The molecular weight excluding hydrogens is 386 g/mol. The summed E-state index contributed by atoms with van der Waals surface area (Å²) in [5.74, 6) is 0.762. The van der Waals surface area contributed by atoms with Crippen LogP contribution in [0.1, 0.15) is 23.7 Å². The van der Waals surface area contributed by atoms with E-state index in [9.17, 15) is 4.79 Å². The highest BCUT2D eigenvalue weighted by molar-refractivity contribution is 6.04. The fraction of sp³-hybridized carbons (Fsp3) is 0.160. The molecule has 0 aliphatic carbocycles. The van der Waals surface area contributed by atoms with Gasteiger partial charge in [0.15, 0.2) is 0 Å². The van der Waals surface area contributed by atoms with Crippen molar-refractivity contribution in [3.63, 3.8) is 0 Å². The lowest BCUT2D eigenvalue weighted by molar-refractivity contribution is 0.102. The second-order valence-corrected chi connectivity index (χ2v) is 7.77. The van der Waals surface area contributed by atoms with E-state index < -0.39 is 0 Å². The molecular formula is C25H23N5O. The average Bonchev–Trinajstić information content (AvgIpc) is 3.38. The summed E-state index contributed by atoms with van der Waals surface area (Å²) in [5.41, 5.74) is 6.55. The summed E-state index contributed by atoms with van der Waals surface area (Å²) in [6.45, 7) is 2.92. The largest absolute Gasteiger partial charge is 0.327 e. The second kappa shape index (κ2) is 7.72. The molecule has 1 aliphatic heterocycles. The summed E-state index contributed by atoms with van der Waals surface area (Å²) in [6, 6.07) is 23.4. The highest BCUT2D eigenvalue weighted by atomic mass is 16.1. The number of hydrogen-bond acceptors (Lipinski definition) is 4. The third-order valence-corrected chi connectivity index (χ3v) is 5.59. The van der Waals surface area contributed by atoms with Crippen molar-refractivity contribution in [3.8, 4) is 11.4 Å². The number of nitrogens with one attached hydrogen (secondary N) is 1. The SMILES string of the molecule is CC1=NN(c2ccc(C(=O)Nc3ccc(-c4nc5ccccc5n4C)cc3)cc2)CC1. The van der Waals surface area contributed by atoms with Gasteiger partial charge < -0.3 is 9.88 Å². The van der Waals surface area contributed by atoms with Gasteiger partial charge in [0.25, 0.3) is 5.91 Å². The molecule has 0 spiro atoms. The van der Waals surface area contributed by atoms with E-state index in [0.29, 0.717) is 5.56 Å². The molecule has 154 valence electrons. The molecule has 0 bridgehead atoms. The lowest BCUT2D eigenvalue weighted by Gasteiger charge is -2.14. The van der Waals surface area contributed by atoms with Crippen LogP contribution >= 0.6 is 0 Å². The van der Waals surface area contributed by atoms with Gasteiger partial charge in [-0.2, -0.15) is 5.10 Å². The Morgan fingerprint density at radius 2 is 1.71 bits per heavy atom. The number of hydrazone groups is 1. The number of hydrogen-bond donors (Lipinski definition) is 1. The predicted octanol–water partition coefficient (Wildman–Crippen LogP) is 5.08. The summed E-state index contributed by atoms with van der Waals surface area (Å²) in [7, 11) is 2.01. The quantitative estimate of drug-likeness (QED) is 0.511. The number of carbonyl (C=O) groups excluding carboxylic acids is 1. The molecule has 6 heteroatoms. The number of fused-ring (bicyclic) bond motifs is 1. The second-order valence-electron chi connectivity index (χ2n) is 7.77. The van der Waals surface area contributed by atoms with E-state index in [1.54, 1.807) is 0 Å². The molecule has 0 unspecified atom stereocenters. The fourth-order valence-corrected chi connectivity index (χ4v) is 3.86. The topological polar surface area (TPSA) is 62.5 Å². The average molecular weight is 409 g/mol. The van der Waals surface area contributed by atoms with Crippen LogP contribution in [0.2, 0.25) is 0 Å². The highest BCUT2D eigenvalue weighted by Crippen LogP contribution is 2.25. The standard InChI is InChI=1S/C25H23N5O/c1-17-15-16-30(28-17)21-13-9-19(10-14-21)25(31)26-20-11-7-18(8-12-20)24-27-22-5-3-4-6-23(22)29(24)2/h3-14H,15-16H2,1-2H3,(H,26,31).